The minimum atomic E-state index is 0.763. The predicted octanol–water partition coefficient (Wildman–Crippen LogP) is 1.53. The van der Waals surface area contributed by atoms with Crippen molar-refractivity contribution in [2.75, 3.05) is 23.7 Å². The van der Waals surface area contributed by atoms with Crippen LogP contribution in [0.2, 0.25) is 0 Å². The molecule has 2 aromatic rings. The van der Waals surface area contributed by atoms with Gasteiger partial charge in [-0.1, -0.05) is 0 Å². The molecule has 0 radical (unpaired) electrons. The number of nitrogens with zero attached hydrogens (tertiary/aromatic N) is 4. The molecule has 2 N–H and O–H groups in total. The molecule has 0 spiro atoms. The number of hydrogen-bond donors (Lipinski definition) is 2. The summed E-state index contributed by atoms with van der Waals surface area (Å²) in [6, 6.07) is 1.92. The summed E-state index contributed by atoms with van der Waals surface area (Å²) < 4.78 is 2.02. The molecule has 96 valence electrons. The van der Waals surface area contributed by atoms with Crippen molar-refractivity contribution in [3.05, 3.63) is 30.6 Å². The minimum absolute atomic E-state index is 0.763. The first-order valence-electron chi connectivity index (χ1n) is 6.07. The van der Waals surface area contributed by atoms with Crippen molar-refractivity contribution < 1.29 is 0 Å². The Labute approximate surface area is 106 Å². The summed E-state index contributed by atoms with van der Waals surface area (Å²) in [6.07, 6.45) is 5.52. The van der Waals surface area contributed by atoms with Crippen LogP contribution in [0, 0.1) is 6.92 Å². The number of anilines is 2. The zero-order valence-electron chi connectivity index (χ0n) is 10.7. The summed E-state index contributed by atoms with van der Waals surface area (Å²) >= 11 is 0. The Balaban J connectivity index is 1.92. The van der Waals surface area contributed by atoms with E-state index in [1.165, 1.54) is 0 Å². The van der Waals surface area contributed by atoms with E-state index in [1.807, 2.05) is 30.7 Å². The lowest BCUT2D eigenvalue weighted by molar-refractivity contribution is 0.725. The van der Waals surface area contributed by atoms with Crippen LogP contribution in [-0.4, -0.2) is 32.6 Å². The average Bonchev–Trinajstić information content (AvgIpc) is 2.82. The maximum atomic E-state index is 4.35. The predicted molar refractivity (Wildman–Crippen MR) is 71.6 cm³/mol. The molecule has 0 aromatic carbocycles. The zero-order valence-corrected chi connectivity index (χ0v) is 10.7. The Bertz CT molecular complexity index is 479. The molecular weight excluding hydrogens is 228 g/mol. The number of nitrogens with one attached hydrogen (secondary N) is 2. The van der Waals surface area contributed by atoms with Crippen LogP contribution in [0.5, 0.6) is 0 Å². The first-order valence-corrected chi connectivity index (χ1v) is 6.07. The van der Waals surface area contributed by atoms with E-state index in [-0.39, 0.29) is 0 Å². The molecule has 0 bridgehead atoms. The summed E-state index contributed by atoms with van der Waals surface area (Å²) in [6.45, 7) is 6.45. The molecule has 0 aliphatic heterocycles. The van der Waals surface area contributed by atoms with Crippen LogP contribution in [0.15, 0.2) is 24.8 Å². The fourth-order valence-corrected chi connectivity index (χ4v) is 1.66. The molecule has 0 amide bonds. The van der Waals surface area contributed by atoms with Crippen molar-refractivity contribution >= 4 is 11.6 Å². The van der Waals surface area contributed by atoms with E-state index in [9.17, 15) is 0 Å². The maximum absolute atomic E-state index is 4.35. The molecule has 0 unspecified atom stereocenters. The summed E-state index contributed by atoms with van der Waals surface area (Å²) in [5.74, 6) is 2.47. The van der Waals surface area contributed by atoms with Gasteiger partial charge in [-0.05, 0) is 13.8 Å². The fourth-order valence-electron chi connectivity index (χ4n) is 1.66. The normalized spacial score (nSPS) is 10.3. The second-order valence-corrected chi connectivity index (χ2v) is 3.94. The molecule has 18 heavy (non-hydrogen) atoms. The summed E-state index contributed by atoms with van der Waals surface area (Å²) in [4.78, 5) is 12.7. The third kappa shape index (κ3) is 3.44. The van der Waals surface area contributed by atoms with E-state index >= 15 is 0 Å². The van der Waals surface area contributed by atoms with Gasteiger partial charge in [-0.15, -0.1) is 0 Å². The van der Waals surface area contributed by atoms with E-state index in [0.29, 0.717) is 0 Å². The van der Waals surface area contributed by atoms with Crippen molar-refractivity contribution in [2.24, 2.45) is 0 Å². The standard InChI is InChI=1S/C12H18N6/c1-3-14-11-8-12(17-10(2)16-11)15-5-7-18-6-4-13-9-18/h4,6,8-9H,3,5,7H2,1-2H3,(H2,14,15,16,17). The highest BCUT2D eigenvalue weighted by atomic mass is 15.1. The maximum Gasteiger partial charge on any atom is 0.131 e. The van der Waals surface area contributed by atoms with Crippen LogP contribution in [0.3, 0.4) is 0 Å². The smallest absolute Gasteiger partial charge is 0.131 e. The highest BCUT2D eigenvalue weighted by Crippen LogP contribution is 2.10. The zero-order chi connectivity index (χ0) is 12.8. The minimum Gasteiger partial charge on any atom is -0.370 e. The molecule has 2 heterocycles. The highest BCUT2D eigenvalue weighted by molar-refractivity contribution is 5.47. The average molecular weight is 246 g/mol. The van der Waals surface area contributed by atoms with Crippen molar-refractivity contribution in [3.8, 4) is 0 Å². The number of rotatable bonds is 6. The highest BCUT2D eigenvalue weighted by Gasteiger charge is 2.00. The van der Waals surface area contributed by atoms with Crippen molar-refractivity contribution in [3.63, 3.8) is 0 Å². The van der Waals surface area contributed by atoms with Gasteiger partial charge in [0.05, 0.1) is 6.33 Å². The van der Waals surface area contributed by atoms with Gasteiger partial charge in [-0.25, -0.2) is 15.0 Å². The molecule has 0 atom stereocenters. The molecule has 0 aliphatic rings. The number of aryl methyl sites for hydroxylation is 1. The van der Waals surface area contributed by atoms with E-state index in [0.717, 1.165) is 37.1 Å². The van der Waals surface area contributed by atoms with Gasteiger partial charge in [-0.3, -0.25) is 0 Å². The van der Waals surface area contributed by atoms with Crippen molar-refractivity contribution in [2.45, 2.75) is 20.4 Å². The van der Waals surface area contributed by atoms with Gasteiger partial charge < -0.3 is 15.2 Å². The van der Waals surface area contributed by atoms with E-state index in [4.69, 9.17) is 0 Å². The van der Waals surface area contributed by atoms with Crippen molar-refractivity contribution in [1.82, 2.24) is 19.5 Å². The Hall–Kier alpha value is -2.11. The number of imidazole rings is 1. The summed E-state index contributed by atoms with van der Waals surface area (Å²) in [5.41, 5.74) is 0. The van der Waals surface area contributed by atoms with Crippen LogP contribution >= 0.6 is 0 Å². The molecule has 0 saturated heterocycles. The molecular formula is C12H18N6. The monoisotopic (exact) mass is 246 g/mol. The SMILES string of the molecule is CCNc1cc(NCCn2ccnc2)nc(C)n1. The van der Waals surface area contributed by atoms with Gasteiger partial charge >= 0.3 is 0 Å². The first kappa shape index (κ1) is 12.3. The van der Waals surface area contributed by atoms with Crippen LogP contribution in [-0.2, 0) is 6.54 Å². The van der Waals surface area contributed by atoms with E-state index in [2.05, 4.69) is 25.6 Å². The first-order chi connectivity index (χ1) is 8.78. The lowest BCUT2D eigenvalue weighted by Gasteiger charge is -2.09. The third-order valence-corrected chi connectivity index (χ3v) is 2.43. The second-order valence-electron chi connectivity index (χ2n) is 3.94. The second kappa shape index (κ2) is 6.00. The fraction of sp³-hybridized carbons (Fsp3) is 0.417. The van der Waals surface area contributed by atoms with Crippen LogP contribution in [0.4, 0.5) is 11.6 Å². The quantitative estimate of drug-likeness (QED) is 0.809. The van der Waals surface area contributed by atoms with Crippen LogP contribution in [0.25, 0.3) is 0 Å². The number of hydrogen-bond acceptors (Lipinski definition) is 5. The van der Waals surface area contributed by atoms with Crippen molar-refractivity contribution in [1.29, 1.82) is 0 Å². The Morgan fingerprint density at radius 1 is 1.22 bits per heavy atom. The molecule has 2 rings (SSSR count). The van der Waals surface area contributed by atoms with Gasteiger partial charge in [0.2, 0.25) is 0 Å². The molecule has 0 aliphatic carbocycles. The lowest BCUT2D eigenvalue weighted by Crippen LogP contribution is -2.11. The Morgan fingerprint density at radius 3 is 2.67 bits per heavy atom. The van der Waals surface area contributed by atoms with Crippen LogP contribution in [0.1, 0.15) is 12.7 Å². The molecule has 2 aromatic heterocycles. The summed E-state index contributed by atoms with van der Waals surface area (Å²) in [5, 5.41) is 6.47. The Morgan fingerprint density at radius 2 is 2.00 bits per heavy atom. The van der Waals surface area contributed by atoms with Gasteiger partial charge in [0, 0.05) is 38.1 Å². The van der Waals surface area contributed by atoms with E-state index in [1.54, 1.807) is 12.5 Å². The summed E-state index contributed by atoms with van der Waals surface area (Å²) in [7, 11) is 0. The molecule has 6 heteroatoms. The van der Waals surface area contributed by atoms with Crippen LogP contribution < -0.4 is 10.6 Å². The van der Waals surface area contributed by atoms with Gasteiger partial charge in [0.1, 0.15) is 17.5 Å². The van der Waals surface area contributed by atoms with E-state index < -0.39 is 0 Å². The van der Waals surface area contributed by atoms with Gasteiger partial charge in [-0.2, -0.15) is 0 Å². The topological polar surface area (TPSA) is 67.7 Å². The molecule has 6 nitrogen and oxygen atoms in total. The number of aromatic nitrogens is 4. The van der Waals surface area contributed by atoms with Gasteiger partial charge in [0.15, 0.2) is 0 Å². The Kier molecular flexibility index (Phi) is 4.11. The van der Waals surface area contributed by atoms with Gasteiger partial charge in [0.25, 0.3) is 0 Å². The lowest BCUT2D eigenvalue weighted by atomic mass is 10.4. The molecule has 0 saturated carbocycles. The largest absolute Gasteiger partial charge is 0.370 e. The molecule has 0 fully saturated rings. The third-order valence-electron chi connectivity index (χ3n) is 2.43.